The van der Waals surface area contributed by atoms with E-state index in [4.69, 9.17) is 5.26 Å². The highest BCUT2D eigenvalue weighted by Crippen LogP contribution is 2.09. The van der Waals surface area contributed by atoms with Crippen LogP contribution in [-0.2, 0) is 11.4 Å². The van der Waals surface area contributed by atoms with Crippen molar-refractivity contribution >= 4 is 0 Å². The van der Waals surface area contributed by atoms with E-state index in [1.54, 1.807) is 0 Å². The summed E-state index contributed by atoms with van der Waals surface area (Å²) in [5.41, 5.74) is 3.36. The summed E-state index contributed by atoms with van der Waals surface area (Å²) in [5.74, 6) is -0.344. The van der Waals surface area contributed by atoms with Gasteiger partial charge < -0.3 is 4.84 Å². The average Bonchev–Trinajstić information content (AvgIpc) is 2.17. The van der Waals surface area contributed by atoms with E-state index in [0.29, 0.717) is 11.1 Å². The second kappa shape index (κ2) is 4.55. The third-order valence-electron chi connectivity index (χ3n) is 1.58. The molecule has 0 spiro atoms. The van der Waals surface area contributed by atoms with Crippen LogP contribution in [0.2, 0.25) is 0 Å². The SMILES string of the molecule is CONCc1cc(C#N)ccc1F. The normalized spacial score (nSPS) is 9.62. The van der Waals surface area contributed by atoms with Crippen LogP contribution in [0.5, 0.6) is 0 Å². The molecule has 13 heavy (non-hydrogen) atoms. The molecule has 0 amide bonds. The fraction of sp³-hybridized carbons (Fsp3) is 0.222. The van der Waals surface area contributed by atoms with Crippen molar-refractivity contribution in [3.8, 4) is 6.07 Å². The fourth-order valence-electron chi connectivity index (χ4n) is 0.930. The van der Waals surface area contributed by atoms with Gasteiger partial charge in [0.25, 0.3) is 0 Å². The number of hydrogen-bond acceptors (Lipinski definition) is 3. The zero-order chi connectivity index (χ0) is 9.68. The predicted octanol–water partition coefficient (Wildman–Crippen LogP) is 1.35. The number of benzene rings is 1. The molecule has 0 bridgehead atoms. The highest BCUT2D eigenvalue weighted by atomic mass is 19.1. The molecule has 3 nitrogen and oxygen atoms in total. The van der Waals surface area contributed by atoms with Gasteiger partial charge in [0, 0.05) is 12.1 Å². The molecule has 0 aliphatic carbocycles. The van der Waals surface area contributed by atoms with Crippen LogP contribution in [0.3, 0.4) is 0 Å². The monoisotopic (exact) mass is 180 g/mol. The Morgan fingerprint density at radius 2 is 2.38 bits per heavy atom. The third-order valence-corrected chi connectivity index (χ3v) is 1.58. The van der Waals surface area contributed by atoms with E-state index in [0.717, 1.165) is 0 Å². The number of rotatable bonds is 3. The van der Waals surface area contributed by atoms with Crippen LogP contribution in [0.25, 0.3) is 0 Å². The summed E-state index contributed by atoms with van der Waals surface area (Å²) in [6.07, 6.45) is 0. The zero-order valence-electron chi connectivity index (χ0n) is 7.17. The molecule has 0 aliphatic heterocycles. The first-order valence-corrected chi connectivity index (χ1v) is 3.72. The summed E-state index contributed by atoms with van der Waals surface area (Å²) in [4.78, 5) is 4.57. The quantitative estimate of drug-likeness (QED) is 0.714. The molecule has 1 aromatic carbocycles. The number of nitriles is 1. The minimum absolute atomic E-state index is 0.248. The smallest absolute Gasteiger partial charge is 0.127 e. The standard InChI is InChI=1S/C9H9FN2O/c1-13-12-6-8-4-7(5-11)2-3-9(8)10/h2-4,12H,6H2,1H3. The lowest BCUT2D eigenvalue weighted by molar-refractivity contribution is 0.0859. The van der Waals surface area contributed by atoms with E-state index >= 15 is 0 Å². The zero-order valence-corrected chi connectivity index (χ0v) is 7.17. The molecule has 1 aromatic rings. The van der Waals surface area contributed by atoms with Gasteiger partial charge in [0.1, 0.15) is 5.82 Å². The number of halogens is 1. The molecular formula is C9H9FN2O. The molecule has 0 unspecified atom stereocenters. The Labute approximate surface area is 75.7 Å². The van der Waals surface area contributed by atoms with Gasteiger partial charge in [-0.1, -0.05) is 0 Å². The van der Waals surface area contributed by atoms with Crippen LogP contribution in [-0.4, -0.2) is 7.11 Å². The molecule has 0 radical (unpaired) electrons. The molecule has 1 rings (SSSR count). The van der Waals surface area contributed by atoms with Crippen molar-refractivity contribution in [1.82, 2.24) is 5.48 Å². The maximum atomic E-state index is 13.0. The van der Waals surface area contributed by atoms with Gasteiger partial charge in [-0.2, -0.15) is 10.7 Å². The summed E-state index contributed by atoms with van der Waals surface area (Å²) in [7, 11) is 1.45. The van der Waals surface area contributed by atoms with E-state index in [-0.39, 0.29) is 12.4 Å². The second-order valence-corrected chi connectivity index (χ2v) is 2.44. The van der Waals surface area contributed by atoms with Crippen LogP contribution in [0.1, 0.15) is 11.1 Å². The van der Waals surface area contributed by atoms with E-state index in [2.05, 4.69) is 10.3 Å². The lowest BCUT2D eigenvalue weighted by atomic mass is 10.1. The van der Waals surface area contributed by atoms with E-state index in [1.165, 1.54) is 25.3 Å². The van der Waals surface area contributed by atoms with Gasteiger partial charge in [-0.05, 0) is 18.2 Å². The number of nitrogens with zero attached hydrogens (tertiary/aromatic N) is 1. The van der Waals surface area contributed by atoms with Crippen molar-refractivity contribution in [3.05, 3.63) is 35.1 Å². The van der Waals surface area contributed by atoms with Gasteiger partial charge in [-0.3, -0.25) is 0 Å². The largest absolute Gasteiger partial charge is 0.305 e. The molecule has 0 aromatic heterocycles. The number of hydrogen-bond donors (Lipinski definition) is 1. The molecule has 4 heteroatoms. The highest BCUT2D eigenvalue weighted by Gasteiger charge is 2.02. The van der Waals surface area contributed by atoms with Crippen LogP contribution in [0.15, 0.2) is 18.2 Å². The Hall–Kier alpha value is -1.44. The summed E-state index contributed by atoms with van der Waals surface area (Å²) in [6, 6.07) is 6.13. The summed E-state index contributed by atoms with van der Waals surface area (Å²) >= 11 is 0. The number of nitrogens with one attached hydrogen (secondary N) is 1. The van der Waals surface area contributed by atoms with Crippen LogP contribution in [0.4, 0.5) is 4.39 Å². The van der Waals surface area contributed by atoms with E-state index in [1.807, 2.05) is 6.07 Å². The van der Waals surface area contributed by atoms with Gasteiger partial charge in [0.15, 0.2) is 0 Å². The fourth-order valence-corrected chi connectivity index (χ4v) is 0.930. The Bertz CT molecular complexity index is 333. The van der Waals surface area contributed by atoms with Crippen molar-refractivity contribution in [2.45, 2.75) is 6.54 Å². The molecule has 0 fully saturated rings. The Kier molecular flexibility index (Phi) is 3.38. The Morgan fingerprint density at radius 3 is 3.00 bits per heavy atom. The molecule has 0 saturated carbocycles. The van der Waals surface area contributed by atoms with Gasteiger partial charge in [-0.15, -0.1) is 0 Å². The third kappa shape index (κ3) is 2.51. The van der Waals surface area contributed by atoms with Gasteiger partial charge >= 0.3 is 0 Å². The minimum Gasteiger partial charge on any atom is -0.305 e. The summed E-state index contributed by atoms with van der Waals surface area (Å²) in [5, 5.41) is 8.55. The van der Waals surface area contributed by atoms with Crippen LogP contribution < -0.4 is 5.48 Å². The van der Waals surface area contributed by atoms with Crippen molar-refractivity contribution < 1.29 is 9.23 Å². The van der Waals surface area contributed by atoms with E-state index in [9.17, 15) is 4.39 Å². The van der Waals surface area contributed by atoms with Gasteiger partial charge in [-0.25, -0.2) is 4.39 Å². The van der Waals surface area contributed by atoms with Crippen LogP contribution in [0, 0.1) is 17.1 Å². The summed E-state index contributed by atoms with van der Waals surface area (Å²) in [6.45, 7) is 0.248. The Morgan fingerprint density at radius 1 is 1.62 bits per heavy atom. The first-order chi connectivity index (χ1) is 6.27. The molecule has 68 valence electrons. The lowest BCUT2D eigenvalue weighted by Crippen LogP contribution is -2.12. The molecule has 0 aliphatic rings. The second-order valence-electron chi connectivity index (χ2n) is 2.44. The predicted molar refractivity (Wildman–Crippen MR) is 45.0 cm³/mol. The van der Waals surface area contributed by atoms with Crippen molar-refractivity contribution in [3.63, 3.8) is 0 Å². The lowest BCUT2D eigenvalue weighted by Gasteiger charge is -2.03. The topological polar surface area (TPSA) is 45.0 Å². The molecule has 0 saturated heterocycles. The molecular weight excluding hydrogens is 171 g/mol. The summed E-state index contributed by atoms with van der Waals surface area (Å²) < 4.78 is 13.0. The molecule has 0 heterocycles. The molecule has 1 N–H and O–H groups in total. The first-order valence-electron chi connectivity index (χ1n) is 3.72. The Balaban J connectivity index is 2.85. The van der Waals surface area contributed by atoms with Crippen LogP contribution >= 0.6 is 0 Å². The van der Waals surface area contributed by atoms with E-state index < -0.39 is 0 Å². The van der Waals surface area contributed by atoms with Crippen molar-refractivity contribution in [2.75, 3.05) is 7.11 Å². The number of hydroxylamine groups is 1. The average molecular weight is 180 g/mol. The minimum atomic E-state index is -0.344. The van der Waals surface area contributed by atoms with Crippen molar-refractivity contribution in [2.24, 2.45) is 0 Å². The maximum absolute atomic E-state index is 13.0. The highest BCUT2D eigenvalue weighted by molar-refractivity contribution is 5.33. The van der Waals surface area contributed by atoms with Gasteiger partial charge in [0.2, 0.25) is 0 Å². The van der Waals surface area contributed by atoms with Crippen molar-refractivity contribution in [1.29, 1.82) is 5.26 Å². The molecule has 0 atom stereocenters. The first kappa shape index (κ1) is 9.65. The van der Waals surface area contributed by atoms with Gasteiger partial charge in [0.05, 0.1) is 18.7 Å². The maximum Gasteiger partial charge on any atom is 0.127 e.